The summed E-state index contributed by atoms with van der Waals surface area (Å²) < 4.78 is 9.29. The van der Waals surface area contributed by atoms with Crippen molar-refractivity contribution in [2.75, 3.05) is 14.2 Å². The third-order valence-corrected chi connectivity index (χ3v) is 5.51. The monoisotopic (exact) mass is 437 g/mol. The average molecular weight is 437 g/mol. The number of carboxylic acid groups (broad SMARTS) is 1. The molecule has 32 heavy (non-hydrogen) atoms. The largest absolute Gasteiger partial charge is 0.480 e. The molecule has 166 valence electrons. The van der Waals surface area contributed by atoms with Crippen molar-refractivity contribution in [2.45, 2.75) is 13.0 Å². The van der Waals surface area contributed by atoms with Crippen molar-refractivity contribution in [3.05, 3.63) is 60.2 Å². The highest BCUT2D eigenvalue weighted by atomic mass is 16.5. The van der Waals surface area contributed by atoms with Crippen molar-refractivity contribution in [1.29, 1.82) is 0 Å². The van der Waals surface area contributed by atoms with E-state index in [0.717, 1.165) is 25.0 Å². The zero-order valence-corrected chi connectivity index (χ0v) is 17.8. The standard InChI is InChI=1S/C24H23NO7/c1-13(18(23(29)31-2)24(30)32-3)20(22(27)28)25-21(26)19-16-10-6-4-8-14(16)12-15-9-5-7-11-17(15)19/h4-13,18,20H,1-3H3,(H,25,26)(H,27,28)/t13-,20+/m0/s1. The summed E-state index contributed by atoms with van der Waals surface area (Å²) in [5.74, 6) is -6.58. The Labute approximate surface area is 184 Å². The predicted octanol–water partition coefficient (Wildman–Crippen LogP) is 2.77. The molecule has 0 aromatic heterocycles. The Kier molecular flexibility index (Phi) is 6.73. The lowest BCUT2D eigenvalue weighted by Crippen LogP contribution is -2.50. The van der Waals surface area contributed by atoms with Gasteiger partial charge in [0, 0.05) is 5.92 Å². The van der Waals surface area contributed by atoms with Crippen molar-refractivity contribution in [2.24, 2.45) is 11.8 Å². The average Bonchev–Trinajstić information content (AvgIpc) is 2.80. The first-order valence-corrected chi connectivity index (χ1v) is 9.90. The number of esters is 2. The first-order valence-electron chi connectivity index (χ1n) is 9.90. The van der Waals surface area contributed by atoms with Crippen LogP contribution >= 0.6 is 0 Å². The van der Waals surface area contributed by atoms with Crippen LogP contribution in [0.1, 0.15) is 17.3 Å². The van der Waals surface area contributed by atoms with Crippen LogP contribution in [0.15, 0.2) is 54.6 Å². The van der Waals surface area contributed by atoms with E-state index >= 15 is 0 Å². The third-order valence-electron chi connectivity index (χ3n) is 5.51. The molecule has 0 saturated heterocycles. The molecule has 0 fully saturated rings. The smallest absolute Gasteiger partial charge is 0.326 e. The summed E-state index contributed by atoms with van der Waals surface area (Å²) in [6, 6.07) is 14.9. The minimum atomic E-state index is -1.55. The number of hydrogen-bond acceptors (Lipinski definition) is 6. The fraction of sp³-hybridized carbons (Fsp3) is 0.250. The maximum Gasteiger partial charge on any atom is 0.326 e. The number of benzene rings is 3. The highest BCUT2D eigenvalue weighted by molar-refractivity contribution is 6.18. The van der Waals surface area contributed by atoms with Crippen molar-refractivity contribution < 1.29 is 33.8 Å². The zero-order valence-electron chi connectivity index (χ0n) is 17.8. The Balaban J connectivity index is 2.06. The first kappa shape index (κ1) is 22.7. The topological polar surface area (TPSA) is 119 Å². The van der Waals surface area contributed by atoms with Gasteiger partial charge in [0.1, 0.15) is 6.04 Å². The van der Waals surface area contributed by atoms with E-state index in [2.05, 4.69) is 14.8 Å². The van der Waals surface area contributed by atoms with Gasteiger partial charge in [-0.3, -0.25) is 14.4 Å². The molecule has 0 spiro atoms. The minimum Gasteiger partial charge on any atom is -0.480 e. The van der Waals surface area contributed by atoms with Gasteiger partial charge in [-0.25, -0.2) is 4.79 Å². The number of amides is 1. The van der Waals surface area contributed by atoms with E-state index in [4.69, 9.17) is 0 Å². The molecule has 3 rings (SSSR count). The molecule has 8 nitrogen and oxygen atoms in total. The molecule has 0 bridgehead atoms. The van der Waals surface area contributed by atoms with E-state index in [1.165, 1.54) is 6.92 Å². The maximum atomic E-state index is 13.4. The summed E-state index contributed by atoms with van der Waals surface area (Å²) in [4.78, 5) is 49.7. The minimum absolute atomic E-state index is 0.310. The fourth-order valence-corrected chi connectivity index (χ4v) is 3.86. The van der Waals surface area contributed by atoms with Gasteiger partial charge in [0.05, 0.1) is 19.8 Å². The number of carbonyl (C=O) groups excluding carboxylic acids is 3. The van der Waals surface area contributed by atoms with Crippen LogP contribution in [0.3, 0.4) is 0 Å². The molecule has 8 heteroatoms. The van der Waals surface area contributed by atoms with Crippen LogP contribution in [-0.2, 0) is 23.9 Å². The van der Waals surface area contributed by atoms with Gasteiger partial charge in [0.25, 0.3) is 5.91 Å². The molecular formula is C24H23NO7. The number of carbonyl (C=O) groups is 4. The Morgan fingerprint density at radius 1 is 0.844 bits per heavy atom. The van der Waals surface area contributed by atoms with Crippen molar-refractivity contribution in [3.63, 3.8) is 0 Å². The van der Waals surface area contributed by atoms with Crippen molar-refractivity contribution >= 4 is 45.4 Å². The molecule has 3 aromatic carbocycles. The van der Waals surface area contributed by atoms with Crippen LogP contribution in [-0.4, -0.2) is 49.2 Å². The van der Waals surface area contributed by atoms with Gasteiger partial charge >= 0.3 is 17.9 Å². The van der Waals surface area contributed by atoms with E-state index in [1.807, 2.05) is 30.3 Å². The van der Waals surface area contributed by atoms with E-state index in [1.54, 1.807) is 24.3 Å². The molecule has 2 N–H and O–H groups in total. The predicted molar refractivity (Wildman–Crippen MR) is 117 cm³/mol. The summed E-state index contributed by atoms with van der Waals surface area (Å²) in [6.07, 6.45) is 0. The quantitative estimate of drug-likeness (QED) is 0.331. The molecule has 0 aliphatic rings. The van der Waals surface area contributed by atoms with Crippen LogP contribution in [0.2, 0.25) is 0 Å². The van der Waals surface area contributed by atoms with Gasteiger partial charge < -0.3 is 19.9 Å². The Morgan fingerprint density at radius 2 is 1.31 bits per heavy atom. The molecule has 0 aliphatic heterocycles. The SMILES string of the molecule is COC(=O)C(C(=O)OC)[C@H](C)[C@@H](NC(=O)c1c2ccccc2cc2ccccc12)C(=O)O. The van der Waals surface area contributed by atoms with Gasteiger partial charge in [0.2, 0.25) is 0 Å². The maximum absolute atomic E-state index is 13.4. The number of nitrogens with one attached hydrogen (secondary N) is 1. The lowest BCUT2D eigenvalue weighted by atomic mass is 9.86. The number of hydrogen-bond donors (Lipinski definition) is 2. The fourth-order valence-electron chi connectivity index (χ4n) is 3.86. The number of ether oxygens (including phenoxy) is 2. The van der Waals surface area contributed by atoms with Crippen LogP contribution in [0, 0.1) is 11.8 Å². The van der Waals surface area contributed by atoms with Crippen molar-refractivity contribution in [3.8, 4) is 0 Å². The van der Waals surface area contributed by atoms with Gasteiger partial charge in [-0.1, -0.05) is 55.5 Å². The van der Waals surface area contributed by atoms with Crippen LogP contribution in [0.25, 0.3) is 21.5 Å². The molecular weight excluding hydrogens is 414 g/mol. The molecule has 0 aliphatic carbocycles. The molecule has 1 amide bonds. The van der Waals surface area contributed by atoms with Gasteiger partial charge in [0.15, 0.2) is 5.92 Å². The highest BCUT2D eigenvalue weighted by Crippen LogP contribution is 2.29. The van der Waals surface area contributed by atoms with Crippen LogP contribution in [0.4, 0.5) is 0 Å². The summed E-state index contributed by atoms with van der Waals surface area (Å²) in [7, 11) is 2.17. The molecule has 0 unspecified atom stereocenters. The second kappa shape index (κ2) is 9.47. The lowest BCUT2D eigenvalue weighted by molar-refractivity contribution is -0.162. The number of methoxy groups -OCH3 is 2. The Hall–Kier alpha value is -3.94. The number of aliphatic carboxylic acids is 1. The van der Waals surface area contributed by atoms with Gasteiger partial charge in [-0.15, -0.1) is 0 Å². The summed E-state index contributed by atoms with van der Waals surface area (Å²) in [6.45, 7) is 1.37. The normalized spacial score (nSPS) is 12.9. The van der Waals surface area contributed by atoms with Crippen molar-refractivity contribution in [1.82, 2.24) is 5.32 Å². The molecule has 0 heterocycles. The Morgan fingerprint density at radius 3 is 1.75 bits per heavy atom. The molecule has 3 aromatic rings. The van der Waals surface area contributed by atoms with Crippen LogP contribution < -0.4 is 5.32 Å². The van der Waals surface area contributed by atoms with Crippen LogP contribution in [0.5, 0.6) is 0 Å². The second-order valence-electron chi connectivity index (χ2n) is 7.37. The third kappa shape index (κ3) is 4.25. The molecule has 0 radical (unpaired) electrons. The number of rotatable bonds is 7. The first-order chi connectivity index (χ1) is 15.3. The highest BCUT2D eigenvalue weighted by Gasteiger charge is 2.42. The van der Waals surface area contributed by atoms with E-state index in [-0.39, 0.29) is 0 Å². The Bertz CT molecular complexity index is 1130. The molecule has 2 atom stereocenters. The second-order valence-corrected chi connectivity index (χ2v) is 7.37. The van der Waals surface area contributed by atoms with Gasteiger partial charge in [-0.05, 0) is 27.6 Å². The van der Waals surface area contributed by atoms with Gasteiger partial charge in [-0.2, -0.15) is 0 Å². The summed E-state index contributed by atoms with van der Waals surface area (Å²) in [5.41, 5.74) is 0.310. The summed E-state index contributed by atoms with van der Waals surface area (Å²) in [5, 5.41) is 15.2. The lowest BCUT2D eigenvalue weighted by Gasteiger charge is -2.26. The van der Waals surface area contributed by atoms with E-state index in [0.29, 0.717) is 16.3 Å². The van der Waals surface area contributed by atoms with E-state index < -0.39 is 41.7 Å². The number of carboxylic acids is 1. The van der Waals surface area contributed by atoms with E-state index in [9.17, 15) is 24.3 Å². The number of fused-ring (bicyclic) bond motifs is 2. The zero-order chi connectivity index (χ0) is 23.4. The molecule has 0 saturated carbocycles. The summed E-state index contributed by atoms with van der Waals surface area (Å²) >= 11 is 0.